The predicted molar refractivity (Wildman–Crippen MR) is 54.8 cm³/mol. The Balaban J connectivity index is 1.90. The van der Waals surface area contributed by atoms with Gasteiger partial charge in [0.05, 0.1) is 5.69 Å². The van der Waals surface area contributed by atoms with Gasteiger partial charge in [0.2, 0.25) is 0 Å². The highest BCUT2D eigenvalue weighted by atomic mass is 15.2. The fourth-order valence-electron chi connectivity index (χ4n) is 1.71. The highest BCUT2D eigenvalue weighted by Crippen LogP contribution is 2.02. The zero-order chi connectivity index (χ0) is 9.64. The highest BCUT2D eigenvalue weighted by Gasteiger charge is 2.09. The normalized spacial score (nSPS) is 19.1. The predicted octanol–water partition coefficient (Wildman–Crippen LogP) is 0.272. The summed E-state index contributed by atoms with van der Waals surface area (Å²) in [4.78, 5) is 2.42. The first-order valence-corrected chi connectivity index (χ1v) is 5.15. The van der Waals surface area contributed by atoms with Crippen molar-refractivity contribution < 1.29 is 0 Å². The summed E-state index contributed by atoms with van der Waals surface area (Å²) >= 11 is 0. The topological polar surface area (TPSA) is 41.1 Å². The van der Waals surface area contributed by atoms with Crippen molar-refractivity contribution in [1.29, 1.82) is 0 Å². The molecule has 1 aromatic rings. The van der Waals surface area contributed by atoms with Crippen molar-refractivity contribution in [2.24, 2.45) is 0 Å². The van der Waals surface area contributed by atoms with Crippen LogP contribution in [0.4, 0.5) is 0 Å². The fraction of sp³-hybridized carbons (Fsp3) is 0.600. The average Bonchev–Trinajstić information content (AvgIpc) is 2.48. The average molecular weight is 192 g/mol. The van der Waals surface area contributed by atoms with Crippen molar-refractivity contribution in [3.8, 4) is 0 Å². The van der Waals surface area contributed by atoms with Crippen molar-refractivity contribution in [3.05, 3.63) is 24.0 Å². The molecule has 4 heteroatoms. The smallest absolute Gasteiger partial charge is 0.0771 e. The molecule has 0 radical (unpaired) electrons. The summed E-state index contributed by atoms with van der Waals surface area (Å²) < 4.78 is 0. The molecule has 0 atom stereocenters. The van der Waals surface area contributed by atoms with E-state index >= 15 is 0 Å². The molecule has 0 bridgehead atoms. The number of nitrogens with one attached hydrogen (secondary N) is 1. The molecule has 1 fully saturated rings. The van der Waals surface area contributed by atoms with E-state index in [-0.39, 0.29) is 0 Å². The van der Waals surface area contributed by atoms with Crippen LogP contribution in [-0.4, -0.2) is 41.3 Å². The molecular weight excluding hydrogens is 176 g/mol. The maximum absolute atomic E-state index is 4.09. The van der Waals surface area contributed by atoms with E-state index in [0.717, 1.165) is 38.4 Å². The Bertz CT molecular complexity index is 254. The minimum atomic E-state index is 0.926. The van der Waals surface area contributed by atoms with Crippen LogP contribution in [-0.2, 0) is 6.54 Å². The molecule has 1 aliphatic heterocycles. The molecule has 1 saturated heterocycles. The molecule has 2 rings (SSSR count). The van der Waals surface area contributed by atoms with Gasteiger partial charge in [-0.3, -0.25) is 4.90 Å². The van der Waals surface area contributed by atoms with E-state index < -0.39 is 0 Å². The number of hydrogen-bond acceptors (Lipinski definition) is 4. The number of nitrogens with zero attached hydrogens (tertiary/aromatic N) is 3. The number of rotatable bonds is 2. The van der Waals surface area contributed by atoms with Gasteiger partial charge in [-0.2, -0.15) is 10.2 Å². The standard InChI is InChI=1S/C10H16N4/c1-3-10(13-12-5-1)9-14-7-2-4-11-6-8-14/h1,3,5,11H,2,4,6-9H2. The summed E-state index contributed by atoms with van der Waals surface area (Å²) in [5.74, 6) is 0. The molecule has 76 valence electrons. The van der Waals surface area contributed by atoms with Gasteiger partial charge in [0.25, 0.3) is 0 Å². The maximum atomic E-state index is 4.09. The molecule has 0 amide bonds. The quantitative estimate of drug-likeness (QED) is 0.730. The highest BCUT2D eigenvalue weighted by molar-refractivity contribution is 4.98. The lowest BCUT2D eigenvalue weighted by atomic mass is 10.3. The van der Waals surface area contributed by atoms with Crippen molar-refractivity contribution in [2.75, 3.05) is 26.2 Å². The summed E-state index contributed by atoms with van der Waals surface area (Å²) in [6.07, 6.45) is 2.94. The van der Waals surface area contributed by atoms with E-state index in [9.17, 15) is 0 Å². The Labute approximate surface area is 84.3 Å². The third-order valence-corrected chi connectivity index (χ3v) is 2.45. The third kappa shape index (κ3) is 2.75. The minimum Gasteiger partial charge on any atom is -0.315 e. The van der Waals surface area contributed by atoms with E-state index in [4.69, 9.17) is 0 Å². The van der Waals surface area contributed by atoms with Gasteiger partial charge >= 0.3 is 0 Å². The maximum Gasteiger partial charge on any atom is 0.0771 e. The van der Waals surface area contributed by atoms with Gasteiger partial charge in [-0.15, -0.1) is 0 Å². The molecule has 0 spiro atoms. The molecule has 0 aromatic carbocycles. The first-order chi connectivity index (χ1) is 6.95. The van der Waals surface area contributed by atoms with E-state index in [1.807, 2.05) is 12.1 Å². The Hall–Kier alpha value is -1.00. The van der Waals surface area contributed by atoms with Gasteiger partial charge in [-0.05, 0) is 31.6 Å². The fourth-order valence-corrected chi connectivity index (χ4v) is 1.71. The van der Waals surface area contributed by atoms with E-state index in [0.29, 0.717) is 0 Å². The van der Waals surface area contributed by atoms with Gasteiger partial charge in [-0.25, -0.2) is 0 Å². The Kier molecular flexibility index (Phi) is 3.43. The van der Waals surface area contributed by atoms with Crippen LogP contribution in [0.5, 0.6) is 0 Å². The SMILES string of the molecule is c1cnnc(CN2CCCNCC2)c1. The molecular formula is C10H16N4. The molecule has 2 heterocycles. The van der Waals surface area contributed by atoms with Gasteiger partial charge in [0.1, 0.15) is 0 Å². The van der Waals surface area contributed by atoms with Crippen LogP contribution < -0.4 is 5.32 Å². The molecule has 14 heavy (non-hydrogen) atoms. The van der Waals surface area contributed by atoms with Gasteiger partial charge in [0.15, 0.2) is 0 Å². The van der Waals surface area contributed by atoms with Gasteiger partial charge in [-0.1, -0.05) is 0 Å². The molecule has 0 aliphatic carbocycles. The van der Waals surface area contributed by atoms with Crippen LogP contribution in [0.2, 0.25) is 0 Å². The van der Waals surface area contributed by atoms with E-state index in [1.165, 1.54) is 6.42 Å². The third-order valence-electron chi connectivity index (χ3n) is 2.45. The summed E-state index contributed by atoms with van der Waals surface area (Å²) in [6.45, 7) is 5.41. The summed E-state index contributed by atoms with van der Waals surface area (Å²) in [7, 11) is 0. The number of hydrogen-bond donors (Lipinski definition) is 1. The lowest BCUT2D eigenvalue weighted by molar-refractivity contribution is 0.280. The Morgan fingerprint density at radius 2 is 2.36 bits per heavy atom. The number of aromatic nitrogens is 2. The Morgan fingerprint density at radius 1 is 1.36 bits per heavy atom. The first kappa shape index (κ1) is 9.55. The molecule has 1 aromatic heterocycles. The Morgan fingerprint density at radius 3 is 3.21 bits per heavy atom. The van der Waals surface area contributed by atoms with Crippen LogP contribution in [0.3, 0.4) is 0 Å². The monoisotopic (exact) mass is 192 g/mol. The van der Waals surface area contributed by atoms with E-state index in [1.54, 1.807) is 6.20 Å². The van der Waals surface area contributed by atoms with Crippen LogP contribution in [0.25, 0.3) is 0 Å². The van der Waals surface area contributed by atoms with Crippen LogP contribution in [0, 0.1) is 0 Å². The van der Waals surface area contributed by atoms with Crippen LogP contribution in [0.1, 0.15) is 12.1 Å². The van der Waals surface area contributed by atoms with Crippen LogP contribution in [0.15, 0.2) is 18.3 Å². The van der Waals surface area contributed by atoms with Crippen molar-refractivity contribution in [3.63, 3.8) is 0 Å². The van der Waals surface area contributed by atoms with Crippen LogP contribution >= 0.6 is 0 Å². The van der Waals surface area contributed by atoms with Gasteiger partial charge in [0, 0.05) is 25.8 Å². The minimum absolute atomic E-state index is 0.926. The molecule has 1 N–H and O–H groups in total. The molecule has 0 unspecified atom stereocenters. The summed E-state index contributed by atoms with van der Waals surface area (Å²) in [5, 5.41) is 11.4. The van der Waals surface area contributed by atoms with Crippen molar-refractivity contribution in [1.82, 2.24) is 20.4 Å². The van der Waals surface area contributed by atoms with E-state index in [2.05, 4.69) is 20.4 Å². The zero-order valence-electron chi connectivity index (χ0n) is 8.32. The lowest BCUT2D eigenvalue weighted by Crippen LogP contribution is -2.28. The second-order valence-corrected chi connectivity index (χ2v) is 3.59. The van der Waals surface area contributed by atoms with Crippen molar-refractivity contribution >= 4 is 0 Å². The largest absolute Gasteiger partial charge is 0.315 e. The lowest BCUT2D eigenvalue weighted by Gasteiger charge is -2.18. The first-order valence-electron chi connectivity index (χ1n) is 5.15. The van der Waals surface area contributed by atoms with Gasteiger partial charge < -0.3 is 5.32 Å². The van der Waals surface area contributed by atoms with Crippen molar-refractivity contribution in [2.45, 2.75) is 13.0 Å². The molecule has 0 saturated carbocycles. The molecule has 4 nitrogen and oxygen atoms in total. The molecule has 1 aliphatic rings. The second kappa shape index (κ2) is 5.02. The summed E-state index contributed by atoms with van der Waals surface area (Å²) in [6, 6.07) is 3.98. The zero-order valence-corrected chi connectivity index (χ0v) is 8.32. The summed E-state index contributed by atoms with van der Waals surface area (Å²) in [5.41, 5.74) is 1.06. The second-order valence-electron chi connectivity index (χ2n) is 3.59.